The number of Topliss-reactive ketones (excluding diaryl/α,β-unsaturated/α-hetero) is 1. The number of halogens is 2. The zero-order valence-corrected chi connectivity index (χ0v) is 15.1. The van der Waals surface area contributed by atoms with Crippen molar-refractivity contribution < 1.29 is 9.53 Å². The highest BCUT2D eigenvalue weighted by Gasteiger charge is 2.27. The van der Waals surface area contributed by atoms with E-state index in [1.54, 1.807) is 12.1 Å². The van der Waals surface area contributed by atoms with Crippen molar-refractivity contribution >= 4 is 29.0 Å². The second-order valence-corrected chi connectivity index (χ2v) is 6.38. The Morgan fingerprint density at radius 1 is 1.20 bits per heavy atom. The molecule has 1 unspecified atom stereocenters. The van der Waals surface area contributed by atoms with Crippen LogP contribution >= 0.6 is 23.2 Å². The van der Waals surface area contributed by atoms with Crippen LogP contribution in [-0.2, 0) is 0 Å². The van der Waals surface area contributed by atoms with Crippen molar-refractivity contribution in [3.05, 3.63) is 75.8 Å². The van der Waals surface area contributed by atoms with E-state index in [0.717, 1.165) is 11.1 Å². The third kappa shape index (κ3) is 3.67. The molecule has 0 aliphatic rings. The summed E-state index contributed by atoms with van der Waals surface area (Å²) in [4.78, 5) is 16.9. The summed E-state index contributed by atoms with van der Waals surface area (Å²) in [6, 6.07) is 10.4. The van der Waals surface area contributed by atoms with Crippen LogP contribution in [0.4, 0.5) is 0 Å². The summed E-state index contributed by atoms with van der Waals surface area (Å²) in [6.07, 6.45) is 1.75. The normalized spacial score (nSPS) is 12.0. The SMILES string of the molecule is Cc1cccc(OC(C(=O)c2ccc(Cl)cc2Cl)n2cncn2)c1C. The minimum atomic E-state index is -1.03. The summed E-state index contributed by atoms with van der Waals surface area (Å²) in [5, 5.41) is 4.76. The fraction of sp³-hybridized carbons (Fsp3) is 0.167. The summed E-state index contributed by atoms with van der Waals surface area (Å²) < 4.78 is 7.35. The van der Waals surface area contributed by atoms with Crippen LogP contribution in [0, 0.1) is 13.8 Å². The maximum absolute atomic E-state index is 13.0. The van der Waals surface area contributed by atoms with Gasteiger partial charge in [0, 0.05) is 10.6 Å². The first-order valence-corrected chi connectivity index (χ1v) is 8.29. The lowest BCUT2D eigenvalue weighted by Gasteiger charge is -2.20. The topological polar surface area (TPSA) is 57.0 Å². The number of rotatable bonds is 5. The highest BCUT2D eigenvalue weighted by molar-refractivity contribution is 6.36. The Kier molecular flexibility index (Phi) is 5.06. The Labute approximate surface area is 155 Å². The molecule has 0 radical (unpaired) electrons. The fourth-order valence-electron chi connectivity index (χ4n) is 2.36. The fourth-order valence-corrected chi connectivity index (χ4v) is 2.86. The van der Waals surface area contributed by atoms with E-state index in [9.17, 15) is 4.79 Å². The number of ketones is 1. The van der Waals surface area contributed by atoms with E-state index in [-0.39, 0.29) is 10.8 Å². The van der Waals surface area contributed by atoms with Crippen molar-refractivity contribution in [3.63, 3.8) is 0 Å². The largest absolute Gasteiger partial charge is 0.461 e. The van der Waals surface area contributed by atoms with Gasteiger partial charge in [-0.15, -0.1) is 0 Å². The van der Waals surface area contributed by atoms with Crippen LogP contribution in [0.25, 0.3) is 0 Å². The molecule has 7 heteroatoms. The summed E-state index contributed by atoms with van der Waals surface area (Å²) in [6.45, 7) is 3.91. The van der Waals surface area contributed by atoms with Crippen LogP contribution in [0.1, 0.15) is 27.7 Å². The average Bonchev–Trinajstić information content (AvgIpc) is 3.10. The second kappa shape index (κ2) is 7.25. The minimum absolute atomic E-state index is 0.257. The zero-order valence-electron chi connectivity index (χ0n) is 13.6. The van der Waals surface area contributed by atoms with Crippen LogP contribution in [-0.4, -0.2) is 20.5 Å². The van der Waals surface area contributed by atoms with E-state index in [1.165, 1.54) is 23.4 Å². The number of benzene rings is 2. The van der Waals surface area contributed by atoms with Gasteiger partial charge in [-0.3, -0.25) is 4.79 Å². The highest BCUT2D eigenvalue weighted by Crippen LogP contribution is 2.29. The number of hydrogen-bond donors (Lipinski definition) is 0. The molecule has 1 heterocycles. The van der Waals surface area contributed by atoms with E-state index in [0.29, 0.717) is 16.3 Å². The molecule has 0 saturated carbocycles. The number of carbonyl (C=O) groups is 1. The first-order valence-electron chi connectivity index (χ1n) is 7.53. The molecule has 0 saturated heterocycles. The van der Waals surface area contributed by atoms with E-state index in [1.807, 2.05) is 32.0 Å². The molecule has 3 rings (SSSR count). The molecular formula is C18H15Cl2N3O2. The van der Waals surface area contributed by atoms with Gasteiger partial charge in [-0.25, -0.2) is 9.67 Å². The molecule has 1 atom stereocenters. The van der Waals surface area contributed by atoms with Gasteiger partial charge in [0.25, 0.3) is 6.23 Å². The molecule has 0 spiro atoms. The predicted octanol–water partition coefficient (Wildman–Crippen LogP) is 4.66. The van der Waals surface area contributed by atoms with Crippen molar-refractivity contribution in [2.24, 2.45) is 0 Å². The number of carbonyl (C=O) groups excluding carboxylic acids is 1. The van der Waals surface area contributed by atoms with Crippen LogP contribution in [0.2, 0.25) is 10.0 Å². The van der Waals surface area contributed by atoms with Crippen molar-refractivity contribution in [1.82, 2.24) is 14.8 Å². The maximum atomic E-state index is 13.0. The number of aromatic nitrogens is 3. The van der Waals surface area contributed by atoms with Crippen molar-refractivity contribution in [2.45, 2.75) is 20.1 Å². The van der Waals surface area contributed by atoms with E-state index in [4.69, 9.17) is 27.9 Å². The van der Waals surface area contributed by atoms with Crippen molar-refractivity contribution in [3.8, 4) is 5.75 Å². The number of aryl methyl sites for hydroxylation is 1. The highest BCUT2D eigenvalue weighted by atomic mass is 35.5. The van der Waals surface area contributed by atoms with Gasteiger partial charge in [-0.05, 0) is 49.2 Å². The third-order valence-corrected chi connectivity index (χ3v) is 4.44. The Morgan fingerprint density at radius 2 is 2.00 bits per heavy atom. The van der Waals surface area contributed by atoms with Crippen LogP contribution < -0.4 is 4.74 Å². The Bertz CT molecular complexity index is 911. The standard InChI is InChI=1S/C18H15Cl2N3O2/c1-11-4-3-5-16(12(11)2)25-18(23-10-21-9-22-23)17(24)14-7-6-13(19)8-15(14)20/h3-10,18H,1-2H3. The van der Waals surface area contributed by atoms with Crippen molar-refractivity contribution in [1.29, 1.82) is 0 Å². The van der Waals surface area contributed by atoms with Crippen molar-refractivity contribution in [2.75, 3.05) is 0 Å². The van der Waals surface area contributed by atoms with Crippen LogP contribution in [0.15, 0.2) is 49.1 Å². The molecule has 3 aromatic rings. The zero-order chi connectivity index (χ0) is 18.0. The lowest BCUT2D eigenvalue weighted by Crippen LogP contribution is -2.26. The molecule has 5 nitrogen and oxygen atoms in total. The van der Waals surface area contributed by atoms with Crippen LogP contribution in [0.3, 0.4) is 0 Å². The van der Waals surface area contributed by atoms with E-state index < -0.39 is 6.23 Å². The smallest absolute Gasteiger partial charge is 0.256 e. The summed E-state index contributed by atoms with van der Waals surface area (Å²) in [7, 11) is 0. The molecule has 25 heavy (non-hydrogen) atoms. The Hall–Kier alpha value is -2.37. The third-order valence-electron chi connectivity index (χ3n) is 3.89. The maximum Gasteiger partial charge on any atom is 0.256 e. The minimum Gasteiger partial charge on any atom is -0.461 e. The van der Waals surface area contributed by atoms with Gasteiger partial charge in [0.15, 0.2) is 0 Å². The molecule has 0 aliphatic heterocycles. The lowest BCUT2D eigenvalue weighted by molar-refractivity contribution is 0.0617. The molecule has 0 bridgehead atoms. The molecule has 0 aliphatic carbocycles. The molecule has 0 N–H and O–H groups in total. The van der Waals surface area contributed by atoms with Gasteiger partial charge < -0.3 is 4.74 Å². The second-order valence-electron chi connectivity index (χ2n) is 5.53. The average molecular weight is 376 g/mol. The molecule has 2 aromatic carbocycles. The van der Waals surface area contributed by atoms with Gasteiger partial charge in [0.1, 0.15) is 18.4 Å². The summed E-state index contributed by atoms with van der Waals surface area (Å²) >= 11 is 12.1. The molecular weight excluding hydrogens is 361 g/mol. The van der Waals surface area contributed by atoms with E-state index >= 15 is 0 Å². The molecule has 128 valence electrons. The predicted molar refractivity (Wildman–Crippen MR) is 96.4 cm³/mol. The van der Waals surface area contributed by atoms with Crippen LogP contribution in [0.5, 0.6) is 5.75 Å². The van der Waals surface area contributed by atoms with E-state index in [2.05, 4.69) is 10.1 Å². The Balaban J connectivity index is 2.01. The number of ether oxygens (including phenoxy) is 1. The molecule has 1 aromatic heterocycles. The quantitative estimate of drug-likeness (QED) is 0.608. The summed E-state index contributed by atoms with van der Waals surface area (Å²) in [5.41, 5.74) is 2.31. The van der Waals surface area contributed by atoms with Gasteiger partial charge >= 0.3 is 0 Å². The number of nitrogens with zero attached hydrogens (tertiary/aromatic N) is 3. The van der Waals surface area contributed by atoms with Gasteiger partial charge in [0.2, 0.25) is 5.78 Å². The van der Waals surface area contributed by atoms with Gasteiger partial charge in [-0.2, -0.15) is 5.10 Å². The summed E-state index contributed by atoms with van der Waals surface area (Å²) in [5.74, 6) is 0.256. The lowest BCUT2D eigenvalue weighted by atomic mass is 10.1. The first-order chi connectivity index (χ1) is 12.0. The van der Waals surface area contributed by atoms with Gasteiger partial charge in [0.05, 0.1) is 5.02 Å². The Morgan fingerprint density at radius 3 is 2.68 bits per heavy atom. The molecule has 0 fully saturated rings. The monoisotopic (exact) mass is 375 g/mol. The van der Waals surface area contributed by atoms with Gasteiger partial charge in [-0.1, -0.05) is 35.3 Å². The first kappa shape index (κ1) is 17.5. The molecule has 0 amide bonds. The number of hydrogen-bond acceptors (Lipinski definition) is 4.